The van der Waals surface area contributed by atoms with Gasteiger partial charge in [0.25, 0.3) is 0 Å². The number of carbonyl (C=O) groups is 1. The predicted octanol–water partition coefficient (Wildman–Crippen LogP) is 4.32. The largest absolute Gasteiger partial charge is 0.416 e. The minimum Gasteiger partial charge on any atom is -0.381 e. The summed E-state index contributed by atoms with van der Waals surface area (Å²) < 4.78 is 44.7. The molecule has 33 heavy (non-hydrogen) atoms. The van der Waals surface area contributed by atoms with Gasteiger partial charge in [0.05, 0.1) is 11.0 Å². The number of rotatable bonds is 5. The number of halogens is 3. The molecule has 3 fully saturated rings. The fourth-order valence-electron chi connectivity index (χ4n) is 5.74. The second kappa shape index (κ2) is 9.82. The minimum absolute atomic E-state index is 0.220. The van der Waals surface area contributed by atoms with E-state index < -0.39 is 11.7 Å². The van der Waals surface area contributed by atoms with Gasteiger partial charge in [-0.2, -0.15) is 13.2 Å². The van der Waals surface area contributed by atoms with Crippen molar-refractivity contribution in [3.8, 4) is 0 Å². The van der Waals surface area contributed by atoms with Crippen molar-refractivity contribution in [2.45, 2.75) is 64.2 Å². The number of hydrogen-bond donors (Lipinski definition) is 1. The van der Waals surface area contributed by atoms with E-state index in [4.69, 9.17) is 4.74 Å². The number of alkyl halides is 3. The quantitative estimate of drug-likeness (QED) is 0.701. The van der Waals surface area contributed by atoms with E-state index in [9.17, 15) is 18.0 Å². The Labute approximate surface area is 194 Å². The normalized spacial score (nSPS) is 27.4. The molecule has 1 amide bonds. The first-order chi connectivity index (χ1) is 15.7. The van der Waals surface area contributed by atoms with Gasteiger partial charge in [0.15, 0.2) is 0 Å². The van der Waals surface area contributed by atoms with Crippen LogP contribution in [-0.2, 0) is 15.7 Å². The molecular weight excluding hydrogens is 431 g/mol. The molecule has 2 heterocycles. The van der Waals surface area contributed by atoms with Gasteiger partial charge in [-0.15, -0.1) is 0 Å². The molecule has 2 aliphatic heterocycles. The maximum absolute atomic E-state index is 13.7. The molecule has 0 radical (unpaired) electrons. The molecule has 1 N–H and O–H groups in total. The van der Waals surface area contributed by atoms with Crippen molar-refractivity contribution in [2.75, 3.05) is 44.3 Å². The number of carbonyl (C=O) groups excluding carboxylic acids is 1. The van der Waals surface area contributed by atoms with Crippen molar-refractivity contribution in [1.29, 1.82) is 0 Å². The highest BCUT2D eigenvalue weighted by molar-refractivity contribution is 5.84. The summed E-state index contributed by atoms with van der Waals surface area (Å²) in [6.07, 6.45) is 0.445. The lowest BCUT2D eigenvalue weighted by Gasteiger charge is -2.42. The van der Waals surface area contributed by atoms with Gasteiger partial charge in [0.1, 0.15) is 0 Å². The molecule has 4 rings (SSSR count). The number of hydrogen-bond acceptors (Lipinski definition) is 4. The summed E-state index contributed by atoms with van der Waals surface area (Å²) in [5.41, 5.74) is -0.426. The van der Waals surface area contributed by atoms with Crippen molar-refractivity contribution in [3.05, 3.63) is 29.8 Å². The van der Waals surface area contributed by atoms with E-state index in [0.29, 0.717) is 44.0 Å². The van der Waals surface area contributed by atoms with E-state index in [2.05, 4.69) is 19.2 Å². The van der Waals surface area contributed by atoms with Gasteiger partial charge in [-0.25, -0.2) is 0 Å². The van der Waals surface area contributed by atoms with E-state index >= 15 is 0 Å². The topological polar surface area (TPSA) is 44.8 Å². The fourth-order valence-corrected chi connectivity index (χ4v) is 5.74. The van der Waals surface area contributed by atoms with Crippen LogP contribution in [0, 0.1) is 11.3 Å². The number of benzene rings is 1. The van der Waals surface area contributed by atoms with Gasteiger partial charge in [-0.1, -0.05) is 19.9 Å². The molecule has 1 unspecified atom stereocenters. The lowest BCUT2D eigenvalue weighted by atomic mass is 9.74. The maximum Gasteiger partial charge on any atom is 0.416 e. The van der Waals surface area contributed by atoms with E-state index in [1.807, 2.05) is 9.80 Å². The molecule has 1 aromatic rings. The highest BCUT2D eigenvalue weighted by Gasteiger charge is 2.49. The molecule has 1 aliphatic carbocycles. The maximum atomic E-state index is 13.7. The molecule has 3 aliphatic rings. The highest BCUT2D eigenvalue weighted by Crippen LogP contribution is 2.46. The van der Waals surface area contributed by atoms with E-state index in [1.54, 1.807) is 6.07 Å². The second-order valence-corrected chi connectivity index (χ2v) is 10.1. The van der Waals surface area contributed by atoms with Crippen molar-refractivity contribution in [3.63, 3.8) is 0 Å². The van der Waals surface area contributed by atoms with E-state index in [1.165, 1.54) is 12.1 Å². The van der Waals surface area contributed by atoms with Crippen LogP contribution in [0.4, 0.5) is 18.9 Å². The number of piperazine rings is 1. The molecule has 1 saturated carbocycles. The fraction of sp³-hybridized carbons (Fsp3) is 0.720. The summed E-state index contributed by atoms with van der Waals surface area (Å²) >= 11 is 0. The number of amides is 1. The first-order valence-electron chi connectivity index (χ1n) is 12.2. The Hall–Kier alpha value is -1.80. The van der Waals surface area contributed by atoms with Crippen molar-refractivity contribution >= 4 is 11.6 Å². The first kappa shape index (κ1) is 24.3. The van der Waals surface area contributed by atoms with Crippen LogP contribution in [0.2, 0.25) is 0 Å². The zero-order chi connectivity index (χ0) is 23.6. The third-order valence-corrected chi connectivity index (χ3v) is 7.88. The van der Waals surface area contributed by atoms with Crippen LogP contribution in [0.5, 0.6) is 0 Å². The van der Waals surface area contributed by atoms with Gasteiger partial charge in [-0.3, -0.25) is 4.79 Å². The molecule has 2 atom stereocenters. The van der Waals surface area contributed by atoms with Crippen LogP contribution >= 0.6 is 0 Å². The van der Waals surface area contributed by atoms with E-state index in [-0.39, 0.29) is 17.2 Å². The SMILES string of the molecule is CC(C)C1(C(=O)N2CCN(c3cccc(C(F)(F)F)c3)CC2)CC[C@@H](NC2CCOCC2)C1. The van der Waals surface area contributed by atoms with Gasteiger partial charge in [-0.05, 0) is 56.2 Å². The molecule has 0 aromatic heterocycles. The van der Waals surface area contributed by atoms with Crippen LogP contribution in [-0.4, -0.2) is 62.3 Å². The van der Waals surface area contributed by atoms with Gasteiger partial charge >= 0.3 is 6.18 Å². The average molecular weight is 468 g/mol. The third-order valence-electron chi connectivity index (χ3n) is 7.88. The number of nitrogens with zero attached hydrogens (tertiary/aromatic N) is 2. The Morgan fingerprint density at radius 2 is 1.79 bits per heavy atom. The summed E-state index contributed by atoms with van der Waals surface area (Å²) in [6.45, 7) is 8.07. The van der Waals surface area contributed by atoms with Crippen LogP contribution in [0.15, 0.2) is 24.3 Å². The monoisotopic (exact) mass is 467 g/mol. The van der Waals surface area contributed by atoms with Gasteiger partial charge < -0.3 is 19.9 Å². The van der Waals surface area contributed by atoms with Gasteiger partial charge in [0.2, 0.25) is 5.91 Å². The summed E-state index contributed by atoms with van der Waals surface area (Å²) in [4.78, 5) is 17.6. The Morgan fingerprint density at radius 3 is 2.42 bits per heavy atom. The van der Waals surface area contributed by atoms with Crippen LogP contribution < -0.4 is 10.2 Å². The Kier molecular flexibility index (Phi) is 7.24. The number of anilines is 1. The Bertz CT molecular complexity index is 817. The minimum atomic E-state index is -4.35. The van der Waals surface area contributed by atoms with Crippen LogP contribution in [0.1, 0.15) is 51.5 Å². The molecule has 2 saturated heterocycles. The van der Waals surface area contributed by atoms with Crippen molar-refractivity contribution in [2.24, 2.45) is 11.3 Å². The van der Waals surface area contributed by atoms with Crippen molar-refractivity contribution in [1.82, 2.24) is 10.2 Å². The van der Waals surface area contributed by atoms with Crippen LogP contribution in [0.25, 0.3) is 0 Å². The van der Waals surface area contributed by atoms with Crippen LogP contribution in [0.3, 0.4) is 0 Å². The summed E-state index contributed by atoms with van der Waals surface area (Å²) in [6, 6.07) is 6.29. The molecular formula is C25H36F3N3O2. The molecule has 1 aromatic carbocycles. The highest BCUT2D eigenvalue weighted by atomic mass is 19.4. The standard InChI is InChI=1S/C25H36F3N3O2/c1-18(2)24(9-6-21(17-24)29-20-7-14-33-15-8-20)23(32)31-12-10-30(11-13-31)22-5-3-4-19(16-22)25(26,27)28/h3-5,16,18,20-21,29H,6-15,17H2,1-2H3/t21-,24?/m1/s1. The first-order valence-corrected chi connectivity index (χ1v) is 12.2. The lowest BCUT2D eigenvalue weighted by Crippen LogP contribution is -2.54. The van der Waals surface area contributed by atoms with Crippen molar-refractivity contribution < 1.29 is 22.7 Å². The summed E-state index contributed by atoms with van der Waals surface area (Å²) in [5, 5.41) is 3.78. The summed E-state index contributed by atoms with van der Waals surface area (Å²) in [5.74, 6) is 0.463. The zero-order valence-corrected chi connectivity index (χ0v) is 19.7. The third kappa shape index (κ3) is 5.32. The Morgan fingerprint density at radius 1 is 1.09 bits per heavy atom. The predicted molar refractivity (Wildman–Crippen MR) is 122 cm³/mol. The van der Waals surface area contributed by atoms with E-state index in [0.717, 1.165) is 51.4 Å². The molecule has 184 valence electrons. The lowest BCUT2D eigenvalue weighted by molar-refractivity contribution is -0.145. The Balaban J connectivity index is 1.37. The number of nitrogens with one attached hydrogen (secondary N) is 1. The number of ether oxygens (including phenoxy) is 1. The summed E-state index contributed by atoms with van der Waals surface area (Å²) in [7, 11) is 0. The molecule has 8 heteroatoms. The zero-order valence-electron chi connectivity index (χ0n) is 19.7. The molecule has 0 spiro atoms. The second-order valence-electron chi connectivity index (χ2n) is 10.1. The smallest absolute Gasteiger partial charge is 0.381 e. The molecule has 5 nitrogen and oxygen atoms in total. The average Bonchev–Trinajstić information content (AvgIpc) is 3.24. The molecule has 0 bridgehead atoms. The van der Waals surface area contributed by atoms with Gasteiger partial charge in [0, 0.05) is 57.2 Å².